The highest BCUT2D eigenvalue weighted by Crippen LogP contribution is 2.40. The van der Waals surface area contributed by atoms with Crippen LogP contribution in [0.25, 0.3) is 11.1 Å². The smallest absolute Gasteiger partial charge is 0.267 e. The van der Waals surface area contributed by atoms with Crippen LogP contribution >= 0.6 is 11.3 Å². The quantitative estimate of drug-likeness (QED) is 0.727. The van der Waals surface area contributed by atoms with Gasteiger partial charge in [0.2, 0.25) is 5.54 Å². The van der Waals surface area contributed by atoms with E-state index in [1.165, 1.54) is 24.1 Å². The van der Waals surface area contributed by atoms with E-state index in [-0.39, 0.29) is 23.1 Å². The van der Waals surface area contributed by atoms with Crippen molar-refractivity contribution < 1.29 is 13.6 Å². The van der Waals surface area contributed by atoms with Gasteiger partial charge in [-0.15, -0.1) is 0 Å². The number of carbonyl (C=O) groups is 1. The molecule has 142 valence electrons. The highest BCUT2D eigenvalue weighted by Gasteiger charge is 2.50. The number of aliphatic imine (C=N–C) groups is 1. The Morgan fingerprint density at radius 2 is 2.00 bits per heavy atom. The van der Waals surface area contributed by atoms with Crippen molar-refractivity contribution in [3.8, 4) is 11.1 Å². The molecular formula is C20H16F2N4OS. The number of guanidine groups is 1. The maximum absolute atomic E-state index is 13.2. The summed E-state index contributed by atoms with van der Waals surface area (Å²) in [6.45, 7) is 0. The normalized spacial score (nSPS) is 19.4. The van der Waals surface area contributed by atoms with Gasteiger partial charge in [-0.1, -0.05) is 18.2 Å². The van der Waals surface area contributed by atoms with Crippen LogP contribution in [0.5, 0.6) is 0 Å². The lowest BCUT2D eigenvalue weighted by Crippen LogP contribution is -2.41. The van der Waals surface area contributed by atoms with Crippen molar-refractivity contribution in [2.45, 2.75) is 12.0 Å². The minimum Gasteiger partial charge on any atom is -0.369 e. The van der Waals surface area contributed by atoms with E-state index in [1.54, 1.807) is 17.4 Å². The number of nitrogens with two attached hydrogens (primary N) is 1. The summed E-state index contributed by atoms with van der Waals surface area (Å²) in [5, 5.41) is 3.97. The van der Waals surface area contributed by atoms with Gasteiger partial charge in [0.05, 0.1) is 5.69 Å². The van der Waals surface area contributed by atoms with Crippen molar-refractivity contribution in [3.05, 3.63) is 76.2 Å². The van der Waals surface area contributed by atoms with Crippen molar-refractivity contribution in [2.75, 3.05) is 7.05 Å². The second-order valence-corrected chi connectivity index (χ2v) is 7.19. The number of alkyl halides is 2. The van der Waals surface area contributed by atoms with Gasteiger partial charge in [0.25, 0.3) is 12.3 Å². The molecule has 3 aromatic rings. The van der Waals surface area contributed by atoms with E-state index in [1.807, 2.05) is 35.0 Å². The van der Waals surface area contributed by atoms with Crippen LogP contribution in [0, 0.1) is 0 Å². The zero-order valence-corrected chi connectivity index (χ0v) is 15.7. The molecule has 0 spiro atoms. The number of hydrogen-bond donors (Lipinski definition) is 1. The molecule has 0 radical (unpaired) electrons. The Balaban J connectivity index is 1.91. The average molecular weight is 398 g/mol. The molecule has 5 nitrogen and oxygen atoms in total. The van der Waals surface area contributed by atoms with Crippen LogP contribution in [-0.2, 0) is 10.3 Å². The molecule has 0 bridgehead atoms. The SMILES string of the molecule is CN1C(=O)C(c2cccc(-c3ccsc3)c2)(c2ccc(C(F)F)cn2)N=C1N. The molecule has 0 aliphatic carbocycles. The number of benzene rings is 1. The molecule has 2 aromatic heterocycles. The predicted octanol–water partition coefficient (Wildman–Crippen LogP) is 3.78. The molecule has 2 N–H and O–H groups in total. The van der Waals surface area contributed by atoms with Gasteiger partial charge in [0.1, 0.15) is 0 Å². The summed E-state index contributed by atoms with van der Waals surface area (Å²) in [5.41, 5.74) is 6.96. The molecule has 1 aromatic carbocycles. The van der Waals surface area contributed by atoms with E-state index < -0.39 is 12.0 Å². The Morgan fingerprint density at radius 3 is 2.57 bits per heavy atom. The fourth-order valence-corrected chi connectivity index (χ4v) is 3.91. The first kappa shape index (κ1) is 18.2. The lowest BCUT2D eigenvalue weighted by Gasteiger charge is -2.25. The maximum Gasteiger partial charge on any atom is 0.267 e. The third kappa shape index (κ3) is 2.77. The average Bonchev–Trinajstić information content (AvgIpc) is 3.32. The number of thiophene rings is 1. The Kier molecular flexibility index (Phi) is 4.43. The largest absolute Gasteiger partial charge is 0.369 e. The molecule has 1 aliphatic rings. The molecule has 0 fully saturated rings. The summed E-state index contributed by atoms with van der Waals surface area (Å²) in [6.07, 6.45) is -1.57. The first-order valence-corrected chi connectivity index (χ1v) is 9.39. The lowest BCUT2D eigenvalue weighted by atomic mass is 9.84. The Bertz CT molecular complexity index is 1050. The molecular weight excluding hydrogens is 382 g/mol. The molecule has 1 atom stereocenters. The summed E-state index contributed by atoms with van der Waals surface area (Å²) in [6, 6.07) is 12.0. The Hall–Kier alpha value is -3.13. The van der Waals surface area contributed by atoms with Gasteiger partial charge in [-0.3, -0.25) is 14.7 Å². The molecule has 4 rings (SSSR count). The Labute approximate surface area is 164 Å². The maximum atomic E-state index is 13.2. The highest BCUT2D eigenvalue weighted by atomic mass is 32.1. The van der Waals surface area contributed by atoms with Crippen molar-refractivity contribution in [1.82, 2.24) is 9.88 Å². The van der Waals surface area contributed by atoms with Crippen LogP contribution < -0.4 is 5.73 Å². The van der Waals surface area contributed by atoms with Gasteiger partial charge >= 0.3 is 0 Å². The molecule has 1 amide bonds. The summed E-state index contributed by atoms with van der Waals surface area (Å²) >= 11 is 1.57. The second kappa shape index (κ2) is 6.79. The summed E-state index contributed by atoms with van der Waals surface area (Å²) in [5.74, 6) is -0.338. The van der Waals surface area contributed by atoms with E-state index in [4.69, 9.17) is 5.73 Å². The predicted molar refractivity (Wildman–Crippen MR) is 104 cm³/mol. The molecule has 0 saturated heterocycles. The van der Waals surface area contributed by atoms with E-state index >= 15 is 0 Å². The van der Waals surface area contributed by atoms with Crippen molar-refractivity contribution >= 4 is 23.2 Å². The third-order valence-corrected chi connectivity index (χ3v) is 5.47. The van der Waals surface area contributed by atoms with Crippen LogP contribution in [0.3, 0.4) is 0 Å². The fraction of sp³-hybridized carbons (Fsp3) is 0.150. The van der Waals surface area contributed by atoms with E-state index in [0.29, 0.717) is 5.56 Å². The minimum absolute atomic E-state index is 0.0469. The third-order valence-electron chi connectivity index (χ3n) is 4.78. The van der Waals surface area contributed by atoms with Crippen molar-refractivity contribution in [1.29, 1.82) is 0 Å². The van der Waals surface area contributed by atoms with Crippen LogP contribution in [0.4, 0.5) is 8.78 Å². The van der Waals surface area contributed by atoms with Crippen LogP contribution in [0.2, 0.25) is 0 Å². The number of likely N-dealkylation sites (N-methyl/N-ethyl adjacent to an activating group) is 1. The zero-order chi connectivity index (χ0) is 19.9. The van der Waals surface area contributed by atoms with Gasteiger partial charge in [-0.2, -0.15) is 11.3 Å². The number of rotatable bonds is 4. The fourth-order valence-electron chi connectivity index (χ4n) is 3.25. The minimum atomic E-state index is -2.64. The molecule has 8 heteroatoms. The van der Waals surface area contributed by atoms with Gasteiger partial charge in [-0.25, -0.2) is 13.8 Å². The standard InChI is InChI=1S/C20H16F2N4OS/c1-26-18(27)20(25-19(26)23,16-6-5-13(10-24-16)17(21)22)15-4-2-3-12(9-15)14-7-8-28-11-14/h2-11,17H,1H3,(H2,23,25). The van der Waals surface area contributed by atoms with E-state index in [9.17, 15) is 13.6 Å². The second-order valence-electron chi connectivity index (χ2n) is 6.41. The highest BCUT2D eigenvalue weighted by molar-refractivity contribution is 7.08. The van der Waals surface area contributed by atoms with Crippen LogP contribution in [0.1, 0.15) is 23.2 Å². The Morgan fingerprint density at radius 1 is 1.18 bits per heavy atom. The van der Waals surface area contributed by atoms with Crippen molar-refractivity contribution in [3.63, 3.8) is 0 Å². The zero-order valence-electron chi connectivity index (χ0n) is 14.8. The number of nitrogens with zero attached hydrogens (tertiary/aromatic N) is 3. The number of aromatic nitrogens is 1. The lowest BCUT2D eigenvalue weighted by molar-refractivity contribution is -0.129. The molecule has 1 aliphatic heterocycles. The summed E-state index contributed by atoms with van der Waals surface area (Å²) in [4.78, 5) is 23.0. The topological polar surface area (TPSA) is 71.6 Å². The summed E-state index contributed by atoms with van der Waals surface area (Å²) in [7, 11) is 1.53. The van der Waals surface area contributed by atoms with Gasteiger partial charge < -0.3 is 5.73 Å². The first-order valence-electron chi connectivity index (χ1n) is 8.44. The number of halogens is 2. The van der Waals surface area contributed by atoms with Crippen molar-refractivity contribution in [2.24, 2.45) is 10.7 Å². The van der Waals surface area contributed by atoms with Crippen LogP contribution in [-0.4, -0.2) is 28.8 Å². The molecule has 28 heavy (non-hydrogen) atoms. The number of amides is 1. The van der Waals surface area contributed by atoms with E-state index in [2.05, 4.69) is 9.98 Å². The summed E-state index contributed by atoms with van der Waals surface area (Å²) < 4.78 is 25.9. The van der Waals surface area contributed by atoms with Gasteiger partial charge in [0, 0.05) is 18.8 Å². The number of carbonyl (C=O) groups excluding carboxylic acids is 1. The monoisotopic (exact) mass is 398 g/mol. The first-order chi connectivity index (χ1) is 13.4. The molecule has 0 saturated carbocycles. The van der Waals surface area contributed by atoms with Gasteiger partial charge in [-0.05, 0) is 51.7 Å². The van der Waals surface area contributed by atoms with Gasteiger partial charge in [0.15, 0.2) is 5.96 Å². The molecule has 1 unspecified atom stereocenters. The van der Waals surface area contributed by atoms with E-state index in [0.717, 1.165) is 17.3 Å². The van der Waals surface area contributed by atoms with Crippen LogP contribution in [0.15, 0.2) is 64.4 Å². The number of pyridine rings is 1. The molecule has 3 heterocycles. The number of hydrogen-bond acceptors (Lipinski definition) is 5.